The molecule has 0 spiro atoms. The summed E-state index contributed by atoms with van der Waals surface area (Å²) < 4.78 is 10.9. The smallest absolute Gasteiger partial charge is 0.256 e. The lowest BCUT2D eigenvalue weighted by Crippen LogP contribution is -2.12. The fraction of sp³-hybridized carbons (Fsp3) is 0.0870. The summed E-state index contributed by atoms with van der Waals surface area (Å²) in [5.74, 6) is 2.00. The highest BCUT2D eigenvalue weighted by atomic mass is 16.5. The first-order valence-electron chi connectivity index (χ1n) is 9.08. The van der Waals surface area contributed by atoms with E-state index in [1.165, 1.54) is 0 Å². The van der Waals surface area contributed by atoms with Crippen molar-refractivity contribution in [3.63, 3.8) is 0 Å². The van der Waals surface area contributed by atoms with E-state index in [0.717, 1.165) is 10.9 Å². The summed E-state index contributed by atoms with van der Waals surface area (Å²) in [6.45, 7) is 2.00. The molecule has 0 atom stereocenters. The number of benzene rings is 2. The van der Waals surface area contributed by atoms with Crippen molar-refractivity contribution in [1.82, 2.24) is 9.97 Å². The van der Waals surface area contributed by atoms with Gasteiger partial charge in [0.15, 0.2) is 5.65 Å². The molecule has 0 saturated heterocycles. The van der Waals surface area contributed by atoms with Crippen molar-refractivity contribution >= 4 is 22.8 Å². The minimum absolute atomic E-state index is 0.258. The Balaban J connectivity index is 1.55. The van der Waals surface area contributed by atoms with E-state index in [1.54, 1.807) is 43.5 Å². The van der Waals surface area contributed by atoms with Crippen LogP contribution in [0.2, 0.25) is 0 Å². The Labute approximate surface area is 168 Å². The second kappa shape index (κ2) is 7.98. The Morgan fingerprint density at radius 2 is 1.69 bits per heavy atom. The van der Waals surface area contributed by atoms with Gasteiger partial charge in [0, 0.05) is 17.0 Å². The molecule has 0 saturated carbocycles. The predicted molar refractivity (Wildman–Crippen MR) is 112 cm³/mol. The van der Waals surface area contributed by atoms with E-state index in [1.807, 2.05) is 43.3 Å². The molecule has 2 aromatic heterocycles. The largest absolute Gasteiger partial charge is 0.497 e. The lowest BCUT2D eigenvalue weighted by molar-refractivity contribution is 0.102. The summed E-state index contributed by atoms with van der Waals surface area (Å²) in [7, 11) is 1.58. The van der Waals surface area contributed by atoms with Crippen LogP contribution >= 0.6 is 0 Å². The number of anilines is 1. The van der Waals surface area contributed by atoms with Crippen molar-refractivity contribution in [2.75, 3.05) is 12.4 Å². The standard InChI is InChI=1S/C23H19N3O3/c1-15-4-3-5-19(14-15)29-21-13-9-16-8-12-20(24-22(16)26-21)25-23(27)17-6-10-18(28-2)11-7-17/h3-14H,1-2H3,(H,24,25,26,27). The SMILES string of the molecule is COc1ccc(C(=O)Nc2ccc3ccc(Oc4cccc(C)c4)nc3n2)cc1. The number of carbonyl (C=O) groups is 1. The van der Waals surface area contributed by atoms with Crippen molar-refractivity contribution in [1.29, 1.82) is 0 Å². The van der Waals surface area contributed by atoms with Crippen molar-refractivity contribution < 1.29 is 14.3 Å². The highest BCUT2D eigenvalue weighted by molar-refractivity contribution is 6.04. The van der Waals surface area contributed by atoms with Gasteiger partial charge in [-0.05, 0) is 67.1 Å². The molecule has 0 fully saturated rings. The number of nitrogens with zero attached hydrogens (tertiary/aromatic N) is 2. The first-order chi connectivity index (χ1) is 14.1. The third kappa shape index (κ3) is 4.32. The van der Waals surface area contributed by atoms with Gasteiger partial charge in [-0.25, -0.2) is 4.98 Å². The van der Waals surface area contributed by atoms with Gasteiger partial charge in [-0.3, -0.25) is 4.79 Å². The van der Waals surface area contributed by atoms with Crippen LogP contribution in [-0.4, -0.2) is 23.0 Å². The maximum atomic E-state index is 12.5. The second-order valence-electron chi connectivity index (χ2n) is 6.49. The maximum Gasteiger partial charge on any atom is 0.256 e. The van der Waals surface area contributed by atoms with Crippen LogP contribution in [0.1, 0.15) is 15.9 Å². The number of carbonyl (C=O) groups excluding carboxylic acids is 1. The first-order valence-corrected chi connectivity index (χ1v) is 9.08. The average molecular weight is 385 g/mol. The topological polar surface area (TPSA) is 73.3 Å². The first kappa shape index (κ1) is 18.4. The number of nitrogens with one attached hydrogen (secondary N) is 1. The Bertz CT molecular complexity index is 1170. The number of hydrogen-bond acceptors (Lipinski definition) is 5. The third-order valence-electron chi connectivity index (χ3n) is 4.33. The van der Waals surface area contributed by atoms with Crippen LogP contribution in [-0.2, 0) is 0 Å². The predicted octanol–water partition coefficient (Wildman–Crippen LogP) is 4.99. The Hall–Kier alpha value is -3.93. The number of rotatable bonds is 5. The molecule has 2 aromatic carbocycles. The molecule has 0 aliphatic carbocycles. The summed E-state index contributed by atoms with van der Waals surface area (Å²) in [6, 6.07) is 21.9. The molecule has 6 nitrogen and oxygen atoms in total. The molecule has 4 rings (SSSR count). The minimum atomic E-state index is -0.258. The van der Waals surface area contributed by atoms with Crippen molar-refractivity contribution in [2.24, 2.45) is 0 Å². The molecule has 2 heterocycles. The van der Waals surface area contributed by atoms with Gasteiger partial charge in [0.05, 0.1) is 7.11 Å². The molecular formula is C23H19N3O3. The van der Waals surface area contributed by atoms with Gasteiger partial charge in [0.1, 0.15) is 17.3 Å². The molecule has 1 N–H and O–H groups in total. The quantitative estimate of drug-likeness (QED) is 0.524. The number of methoxy groups -OCH3 is 1. The Morgan fingerprint density at radius 3 is 2.45 bits per heavy atom. The van der Waals surface area contributed by atoms with Gasteiger partial charge in [-0.2, -0.15) is 4.98 Å². The van der Waals surface area contributed by atoms with Crippen LogP contribution in [0, 0.1) is 6.92 Å². The maximum absolute atomic E-state index is 12.5. The van der Waals surface area contributed by atoms with Gasteiger partial charge < -0.3 is 14.8 Å². The molecule has 4 aromatic rings. The van der Waals surface area contributed by atoms with E-state index < -0.39 is 0 Å². The van der Waals surface area contributed by atoms with Gasteiger partial charge in [-0.1, -0.05) is 12.1 Å². The molecule has 0 unspecified atom stereocenters. The van der Waals surface area contributed by atoms with E-state index in [-0.39, 0.29) is 5.91 Å². The van der Waals surface area contributed by atoms with Gasteiger partial charge in [0.2, 0.25) is 5.88 Å². The van der Waals surface area contributed by atoms with E-state index in [2.05, 4.69) is 15.3 Å². The van der Waals surface area contributed by atoms with Gasteiger partial charge in [-0.15, -0.1) is 0 Å². The fourth-order valence-corrected chi connectivity index (χ4v) is 2.84. The molecule has 0 aliphatic heterocycles. The number of ether oxygens (including phenoxy) is 2. The zero-order valence-electron chi connectivity index (χ0n) is 16.0. The minimum Gasteiger partial charge on any atom is -0.497 e. The third-order valence-corrected chi connectivity index (χ3v) is 4.33. The second-order valence-corrected chi connectivity index (χ2v) is 6.49. The zero-order chi connectivity index (χ0) is 20.2. The van der Waals surface area contributed by atoms with Crippen molar-refractivity contribution in [2.45, 2.75) is 6.92 Å². The average Bonchev–Trinajstić information content (AvgIpc) is 2.73. The lowest BCUT2D eigenvalue weighted by Gasteiger charge is -2.08. The molecular weight excluding hydrogens is 366 g/mol. The summed E-state index contributed by atoms with van der Waals surface area (Å²) in [5, 5.41) is 3.64. The number of amides is 1. The number of pyridine rings is 2. The van der Waals surface area contributed by atoms with Crippen LogP contribution in [0.15, 0.2) is 72.8 Å². The molecule has 0 bridgehead atoms. The number of fused-ring (bicyclic) bond motifs is 1. The van der Waals surface area contributed by atoms with Crippen molar-refractivity contribution in [3.8, 4) is 17.4 Å². The molecule has 0 aliphatic rings. The van der Waals surface area contributed by atoms with Crippen LogP contribution in [0.3, 0.4) is 0 Å². The Kier molecular flexibility index (Phi) is 5.07. The number of hydrogen-bond donors (Lipinski definition) is 1. The van der Waals surface area contributed by atoms with Gasteiger partial charge in [0.25, 0.3) is 5.91 Å². The van der Waals surface area contributed by atoms with Gasteiger partial charge >= 0.3 is 0 Å². The molecule has 0 radical (unpaired) electrons. The molecule has 1 amide bonds. The molecule has 6 heteroatoms. The summed E-state index contributed by atoms with van der Waals surface area (Å²) >= 11 is 0. The lowest BCUT2D eigenvalue weighted by atomic mass is 10.2. The fourth-order valence-electron chi connectivity index (χ4n) is 2.84. The van der Waals surface area contributed by atoms with E-state index in [0.29, 0.717) is 34.4 Å². The monoisotopic (exact) mass is 385 g/mol. The Morgan fingerprint density at radius 1 is 0.897 bits per heavy atom. The number of aryl methyl sites for hydroxylation is 1. The molecule has 144 valence electrons. The van der Waals surface area contributed by atoms with Crippen molar-refractivity contribution in [3.05, 3.63) is 83.9 Å². The summed E-state index contributed by atoms with van der Waals surface area (Å²) in [4.78, 5) is 21.4. The van der Waals surface area contributed by atoms with Crippen LogP contribution in [0.25, 0.3) is 11.0 Å². The van der Waals surface area contributed by atoms with E-state index in [9.17, 15) is 4.79 Å². The van der Waals surface area contributed by atoms with Crippen LogP contribution < -0.4 is 14.8 Å². The summed E-state index contributed by atoms with van der Waals surface area (Å²) in [6.07, 6.45) is 0. The molecule has 29 heavy (non-hydrogen) atoms. The van der Waals surface area contributed by atoms with E-state index >= 15 is 0 Å². The van der Waals surface area contributed by atoms with Crippen LogP contribution in [0.4, 0.5) is 5.82 Å². The zero-order valence-corrected chi connectivity index (χ0v) is 16.0. The highest BCUT2D eigenvalue weighted by Crippen LogP contribution is 2.23. The van der Waals surface area contributed by atoms with Crippen LogP contribution in [0.5, 0.6) is 17.4 Å². The highest BCUT2D eigenvalue weighted by Gasteiger charge is 2.09. The van der Waals surface area contributed by atoms with E-state index in [4.69, 9.17) is 9.47 Å². The number of aromatic nitrogens is 2. The summed E-state index contributed by atoms with van der Waals surface area (Å²) in [5.41, 5.74) is 2.10. The normalized spacial score (nSPS) is 10.6.